The molecule has 0 amide bonds. The van der Waals surface area contributed by atoms with Gasteiger partial charge in [-0.15, -0.1) is 0 Å². The molecule has 0 heterocycles. The second-order valence-corrected chi connectivity index (χ2v) is 7.02. The van der Waals surface area contributed by atoms with Gasteiger partial charge in [-0.2, -0.15) is 5.26 Å². The molecular weight excluding hydrogens is 270 g/mol. The quantitative estimate of drug-likeness (QED) is 0.755. The van der Waals surface area contributed by atoms with Crippen molar-refractivity contribution < 1.29 is 8.95 Å². The summed E-state index contributed by atoms with van der Waals surface area (Å²) in [6.45, 7) is 0.563. The summed E-state index contributed by atoms with van der Waals surface area (Å²) in [6, 6.07) is 9.24. The van der Waals surface area contributed by atoms with E-state index in [1.807, 2.05) is 12.1 Å². The van der Waals surface area contributed by atoms with Gasteiger partial charge < -0.3 is 4.74 Å². The molecule has 0 aromatic heterocycles. The highest BCUT2D eigenvalue weighted by molar-refractivity contribution is 7.85. The maximum absolute atomic E-state index is 12.1. The number of hydrogen-bond donors (Lipinski definition) is 0. The first kappa shape index (κ1) is 15.1. The molecule has 1 atom stereocenters. The van der Waals surface area contributed by atoms with Crippen LogP contribution in [0, 0.1) is 11.3 Å². The smallest absolute Gasteiger partial charge is 0.120 e. The summed E-state index contributed by atoms with van der Waals surface area (Å²) < 4.78 is 17.7. The SMILES string of the molecule is N#Cc1cccc(OCCCS(=O)C2CCCCC2)c1. The van der Waals surface area contributed by atoms with Crippen LogP contribution in [0.4, 0.5) is 0 Å². The van der Waals surface area contributed by atoms with Crippen LogP contribution < -0.4 is 4.74 Å². The third-order valence-corrected chi connectivity index (χ3v) is 5.55. The highest BCUT2D eigenvalue weighted by Gasteiger charge is 2.19. The fourth-order valence-corrected chi connectivity index (χ4v) is 4.14. The Morgan fingerprint density at radius 1 is 1.30 bits per heavy atom. The van der Waals surface area contributed by atoms with Gasteiger partial charge in [-0.25, -0.2) is 0 Å². The Morgan fingerprint density at radius 3 is 2.85 bits per heavy atom. The van der Waals surface area contributed by atoms with Crippen LogP contribution in [0.5, 0.6) is 5.75 Å². The van der Waals surface area contributed by atoms with E-state index in [9.17, 15) is 4.21 Å². The largest absolute Gasteiger partial charge is 0.494 e. The number of benzene rings is 1. The van der Waals surface area contributed by atoms with Gasteiger partial charge in [-0.1, -0.05) is 25.3 Å². The lowest BCUT2D eigenvalue weighted by Crippen LogP contribution is -2.21. The maximum atomic E-state index is 12.1. The third kappa shape index (κ3) is 4.64. The van der Waals surface area contributed by atoms with Gasteiger partial charge in [0, 0.05) is 21.8 Å². The molecule has 0 saturated heterocycles. The van der Waals surface area contributed by atoms with Gasteiger partial charge in [-0.3, -0.25) is 4.21 Å². The Labute approximate surface area is 123 Å². The van der Waals surface area contributed by atoms with Crippen molar-refractivity contribution in [1.82, 2.24) is 0 Å². The van der Waals surface area contributed by atoms with Gasteiger partial charge in [0.2, 0.25) is 0 Å². The molecule has 0 spiro atoms. The van der Waals surface area contributed by atoms with Crippen molar-refractivity contribution in [3.05, 3.63) is 29.8 Å². The Bertz CT molecular complexity index is 489. The number of nitriles is 1. The van der Waals surface area contributed by atoms with Gasteiger partial charge in [-0.05, 0) is 37.5 Å². The third-order valence-electron chi connectivity index (χ3n) is 3.65. The fourth-order valence-electron chi connectivity index (χ4n) is 2.54. The van der Waals surface area contributed by atoms with Crippen molar-refractivity contribution in [2.24, 2.45) is 0 Å². The standard InChI is InChI=1S/C16H21NO2S/c17-13-14-6-4-7-15(12-14)19-10-5-11-20(18)16-8-2-1-3-9-16/h4,6-7,12,16H,1-3,5,8-11H2. The Balaban J connectivity index is 1.68. The van der Waals surface area contributed by atoms with Gasteiger partial charge in [0.25, 0.3) is 0 Å². The second-order valence-electron chi connectivity index (χ2n) is 5.19. The topological polar surface area (TPSA) is 50.1 Å². The fraction of sp³-hybridized carbons (Fsp3) is 0.562. The molecule has 1 saturated carbocycles. The van der Waals surface area contributed by atoms with Crippen LogP contribution in [-0.4, -0.2) is 21.8 Å². The number of nitrogens with zero attached hydrogens (tertiary/aromatic N) is 1. The highest BCUT2D eigenvalue weighted by Crippen LogP contribution is 2.22. The molecule has 3 nitrogen and oxygen atoms in total. The van der Waals surface area contributed by atoms with Crippen molar-refractivity contribution in [3.8, 4) is 11.8 Å². The minimum atomic E-state index is -0.703. The van der Waals surface area contributed by atoms with E-state index >= 15 is 0 Å². The summed E-state index contributed by atoms with van der Waals surface area (Å²) in [5, 5.41) is 9.21. The molecule has 2 rings (SSSR count). The molecule has 1 unspecified atom stereocenters. The lowest BCUT2D eigenvalue weighted by Gasteiger charge is -2.20. The minimum absolute atomic E-state index is 0.408. The summed E-state index contributed by atoms with van der Waals surface area (Å²) in [6.07, 6.45) is 6.81. The summed E-state index contributed by atoms with van der Waals surface area (Å²) in [5.41, 5.74) is 0.605. The van der Waals surface area contributed by atoms with E-state index in [1.54, 1.807) is 12.1 Å². The zero-order valence-electron chi connectivity index (χ0n) is 11.7. The van der Waals surface area contributed by atoms with Crippen LogP contribution in [0.2, 0.25) is 0 Å². The molecule has 4 heteroatoms. The molecule has 20 heavy (non-hydrogen) atoms. The molecule has 108 valence electrons. The Morgan fingerprint density at radius 2 is 2.10 bits per heavy atom. The lowest BCUT2D eigenvalue weighted by atomic mass is 10.0. The first-order valence-electron chi connectivity index (χ1n) is 7.30. The van der Waals surface area contributed by atoms with E-state index in [1.165, 1.54) is 19.3 Å². The molecule has 1 aromatic carbocycles. The van der Waals surface area contributed by atoms with E-state index in [4.69, 9.17) is 10.00 Å². The van der Waals surface area contributed by atoms with Crippen molar-refractivity contribution in [3.63, 3.8) is 0 Å². The zero-order chi connectivity index (χ0) is 14.2. The van der Waals surface area contributed by atoms with E-state index in [0.717, 1.165) is 25.0 Å². The van der Waals surface area contributed by atoms with E-state index in [2.05, 4.69) is 6.07 Å². The van der Waals surface area contributed by atoms with Crippen LogP contribution in [0.1, 0.15) is 44.1 Å². The molecule has 0 radical (unpaired) electrons. The molecule has 1 aromatic rings. The van der Waals surface area contributed by atoms with Crippen LogP contribution in [0.3, 0.4) is 0 Å². The van der Waals surface area contributed by atoms with Crippen LogP contribution in [-0.2, 0) is 10.8 Å². The summed E-state index contributed by atoms with van der Waals surface area (Å²) in [7, 11) is -0.703. The van der Waals surface area contributed by atoms with Crippen LogP contribution >= 0.6 is 0 Å². The number of rotatable bonds is 6. The second kappa shape index (κ2) is 8.06. The van der Waals surface area contributed by atoms with E-state index < -0.39 is 10.8 Å². The monoisotopic (exact) mass is 291 g/mol. The molecular formula is C16H21NO2S. The maximum Gasteiger partial charge on any atom is 0.120 e. The van der Waals surface area contributed by atoms with Crippen LogP contribution in [0.25, 0.3) is 0 Å². The van der Waals surface area contributed by atoms with Crippen molar-refractivity contribution in [2.75, 3.05) is 12.4 Å². The van der Waals surface area contributed by atoms with Crippen molar-refractivity contribution in [1.29, 1.82) is 5.26 Å². The predicted octanol–water partition coefficient (Wildman–Crippen LogP) is 3.41. The van der Waals surface area contributed by atoms with Crippen molar-refractivity contribution in [2.45, 2.75) is 43.8 Å². The van der Waals surface area contributed by atoms with E-state index in [-0.39, 0.29) is 0 Å². The number of ether oxygens (including phenoxy) is 1. The number of hydrogen-bond acceptors (Lipinski definition) is 3. The molecule has 1 aliphatic rings. The Hall–Kier alpha value is -1.34. The highest BCUT2D eigenvalue weighted by atomic mass is 32.2. The predicted molar refractivity (Wildman–Crippen MR) is 81.2 cm³/mol. The van der Waals surface area contributed by atoms with Gasteiger partial charge in [0.1, 0.15) is 5.75 Å². The summed E-state index contributed by atoms with van der Waals surface area (Å²) >= 11 is 0. The minimum Gasteiger partial charge on any atom is -0.494 e. The molecule has 0 bridgehead atoms. The summed E-state index contributed by atoms with van der Waals surface area (Å²) in [4.78, 5) is 0. The first-order chi connectivity index (χ1) is 9.79. The van der Waals surface area contributed by atoms with E-state index in [0.29, 0.717) is 23.2 Å². The molecule has 1 fully saturated rings. The van der Waals surface area contributed by atoms with Gasteiger partial charge in [0.05, 0.1) is 18.2 Å². The van der Waals surface area contributed by atoms with Crippen molar-refractivity contribution >= 4 is 10.8 Å². The molecule has 0 N–H and O–H groups in total. The summed E-state index contributed by atoms with van der Waals surface area (Å²) in [5.74, 6) is 1.44. The average Bonchev–Trinajstić information content (AvgIpc) is 2.52. The lowest BCUT2D eigenvalue weighted by molar-refractivity contribution is 0.318. The van der Waals surface area contributed by atoms with Crippen LogP contribution in [0.15, 0.2) is 24.3 Å². The molecule has 0 aliphatic heterocycles. The normalized spacial score (nSPS) is 17.4. The Kier molecular flexibility index (Phi) is 6.07. The average molecular weight is 291 g/mol. The van der Waals surface area contributed by atoms with Gasteiger partial charge in [0.15, 0.2) is 0 Å². The molecule has 1 aliphatic carbocycles. The zero-order valence-corrected chi connectivity index (χ0v) is 12.5. The first-order valence-corrected chi connectivity index (χ1v) is 8.68. The van der Waals surface area contributed by atoms with Gasteiger partial charge >= 0.3 is 0 Å².